The van der Waals surface area contributed by atoms with E-state index in [4.69, 9.17) is 11.6 Å². The molecule has 164 valence electrons. The van der Waals surface area contributed by atoms with Crippen LogP contribution in [0.1, 0.15) is 17.7 Å². The Morgan fingerprint density at radius 3 is 3.00 bits per heavy atom. The van der Waals surface area contributed by atoms with Gasteiger partial charge in [0, 0.05) is 37.3 Å². The molecule has 32 heavy (non-hydrogen) atoms. The number of fused-ring (bicyclic) bond motifs is 1. The highest BCUT2D eigenvalue weighted by atomic mass is 35.5. The third-order valence-corrected chi connectivity index (χ3v) is 5.53. The molecule has 1 aromatic carbocycles. The summed E-state index contributed by atoms with van der Waals surface area (Å²) in [6.45, 7) is 2.11. The van der Waals surface area contributed by atoms with Crippen LogP contribution in [0.4, 0.5) is 5.82 Å². The summed E-state index contributed by atoms with van der Waals surface area (Å²) in [4.78, 5) is 28.2. The fourth-order valence-electron chi connectivity index (χ4n) is 3.56. The van der Waals surface area contributed by atoms with Crippen molar-refractivity contribution in [3.63, 3.8) is 0 Å². The highest BCUT2D eigenvalue weighted by Crippen LogP contribution is 2.23. The predicted octanol–water partition coefficient (Wildman–Crippen LogP) is 3.14. The number of H-pyrrole nitrogens is 1. The maximum absolute atomic E-state index is 12.4. The number of hydrogen-bond donors (Lipinski definition) is 2. The second-order valence-electron chi connectivity index (χ2n) is 7.98. The molecule has 1 atom stereocenters. The van der Waals surface area contributed by atoms with Crippen molar-refractivity contribution in [3.05, 3.63) is 65.1 Å². The smallest absolute Gasteiger partial charge is 0.246 e. The van der Waals surface area contributed by atoms with Crippen LogP contribution >= 0.6 is 11.6 Å². The van der Waals surface area contributed by atoms with Gasteiger partial charge in [-0.1, -0.05) is 35.7 Å². The van der Waals surface area contributed by atoms with E-state index in [2.05, 4.69) is 32.1 Å². The van der Waals surface area contributed by atoms with Gasteiger partial charge in [-0.25, -0.2) is 9.97 Å². The van der Waals surface area contributed by atoms with Gasteiger partial charge in [-0.3, -0.25) is 4.79 Å². The van der Waals surface area contributed by atoms with Gasteiger partial charge in [0.05, 0.1) is 16.1 Å². The van der Waals surface area contributed by atoms with E-state index in [9.17, 15) is 4.79 Å². The molecular weight excluding hydrogens is 424 g/mol. The van der Waals surface area contributed by atoms with Crippen LogP contribution in [0.2, 0.25) is 5.02 Å². The number of likely N-dealkylation sites (N-methyl/N-ethyl adjacent to an activating group) is 1. The number of nitrogens with zero attached hydrogens (tertiary/aromatic N) is 4. The minimum absolute atomic E-state index is 0.0442. The number of halogens is 1. The lowest BCUT2D eigenvalue weighted by Crippen LogP contribution is -2.30. The first-order valence-corrected chi connectivity index (χ1v) is 10.8. The van der Waals surface area contributed by atoms with E-state index in [0.717, 1.165) is 42.0 Å². The molecule has 2 N–H and O–H groups in total. The van der Waals surface area contributed by atoms with Crippen molar-refractivity contribution in [3.8, 4) is 11.8 Å². The molecule has 4 rings (SSSR count). The zero-order valence-electron chi connectivity index (χ0n) is 18.1. The number of carbonyl (C=O) groups is 1. The lowest BCUT2D eigenvalue weighted by molar-refractivity contribution is -0.125. The summed E-state index contributed by atoms with van der Waals surface area (Å²) in [6.07, 6.45) is 5.93. The van der Waals surface area contributed by atoms with Crippen LogP contribution in [-0.2, 0) is 4.79 Å². The van der Waals surface area contributed by atoms with Gasteiger partial charge in [-0.05, 0) is 44.6 Å². The molecule has 8 heteroatoms. The first kappa shape index (κ1) is 21.9. The molecular formula is C24H25ClN6O. The van der Waals surface area contributed by atoms with Gasteiger partial charge in [-0.15, -0.1) is 0 Å². The first-order chi connectivity index (χ1) is 15.5. The molecule has 1 aliphatic rings. The first-order valence-electron chi connectivity index (χ1n) is 10.5. The Balaban J connectivity index is 1.45. The SMILES string of the molecule is CN(C)C/C=C/C(=O)N1CCC(Nc2ncnc3[nH]c(C#Cc4ccccc4Cl)cc23)C1. The summed E-state index contributed by atoms with van der Waals surface area (Å²) in [5, 5.41) is 4.96. The van der Waals surface area contributed by atoms with Crippen LogP contribution in [0.5, 0.6) is 0 Å². The number of aromatic nitrogens is 3. The number of nitrogens with one attached hydrogen (secondary N) is 2. The largest absolute Gasteiger partial charge is 0.365 e. The number of hydrogen-bond acceptors (Lipinski definition) is 5. The molecule has 3 heterocycles. The summed E-state index contributed by atoms with van der Waals surface area (Å²) in [5.41, 5.74) is 2.22. The van der Waals surface area contributed by atoms with Gasteiger partial charge < -0.3 is 20.1 Å². The molecule has 1 amide bonds. The fraction of sp³-hybridized carbons (Fsp3) is 0.292. The average Bonchev–Trinajstić information content (AvgIpc) is 3.40. The van der Waals surface area contributed by atoms with Gasteiger partial charge in [-0.2, -0.15) is 0 Å². The normalized spacial score (nSPS) is 16.0. The van der Waals surface area contributed by atoms with E-state index in [1.807, 2.05) is 60.3 Å². The van der Waals surface area contributed by atoms with Gasteiger partial charge >= 0.3 is 0 Å². The van der Waals surface area contributed by atoms with Gasteiger partial charge in [0.25, 0.3) is 0 Å². The van der Waals surface area contributed by atoms with E-state index in [-0.39, 0.29) is 11.9 Å². The highest BCUT2D eigenvalue weighted by molar-refractivity contribution is 6.31. The maximum atomic E-state index is 12.4. The topological polar surface area (TPSA) is 77.2 Å². The van der Waals surface area contributed by atoms with E-state index < -0.39 is 0 Å². The molecule has 0 aliphatic carbocycles. The summed E-state index contributed by atoms with van der Waals surface area (Å²) >= 11 is 6.19. The summed E-state index contributed by atoms with van der Waals surface area (Å²) in [6, 6.07) is 9.55. The standard InChI is InChI=1S/C24H25ClN6O/c1-30(2)12-5-8-22(32)31-13-11-19(15-31)29-24-20-14-18(28-23(20)26-16-27-24)10-9-17-6-3-4-7-21(17)25/h3-8,14,16,19H,11-13,15H2,1-2H3,(H2,26,27,28,29)/b8-5+. The predicted molar refractivity (Wildman–Crippen MR) is 128 cm³/mol. The van der Waals surface area contributed by atoms with E-state index in [0.29, 0.717) is 17.2 Å². The monoisotopic (exact) mass is 448 g/mol. The molecule has 0 spiro atoms. The molecule has 1 unspecified atom stereocenters. The van der Waals surface area contributed by atoms with E-state index in [1.165, 1.54) is 6.33 Å². The van der Waals surface area contributed by atoms with Crippen LogP contribution in [0.25, 0.3) is 11.0 Å². The highest BCUT2D eigenvalue weighted by Gasteiger charge is 2.25. The Morgan fingerprint density at radius 1 is 1.34 bits per heavy atom. The Morgan fingerprint density at radius 2 is 2.19 bits per heavy atom. The Kier molecular flexibility index (Phi) is 6.74. The lowest BCUT2D eigenvalue weighted by atomic mass is 10.2. The molecule has 1 aliphatic heterocycles. The number of rotatable bonds is 5. The Labute approximate surface area is 192 Å². The number of carbonyl (C=O) groups excluding carboxylic acids is 1. The molecule has 3 aromatic rings. The quantitative estimate of drug-likeness (QED) is 0.463. The second-order valence-corrected chi connectivity index (χ2v) is 8.38. The minimum atomic E-state index is 0.0442. The average molecular weight is 449 g/mol. The van der Waals surface area contributed by atoms with Crippen LogP contribution < -0.4 is 5.32 Å². The number of benzene rings is 1. The Bertz CT molecular complexity index is 1210. The van der Waals surface area contributed by atoms with Crippen LogP contribution in [0, 0.1) is 11.8 Å². The van der Waals surface area contributed by atoms with Crippen molar-refractivity contribution in [2.45, 2.75) is 12.5 Å². The van der Waals surface area contributed by atoms with Gasteiger partial charge in [0.1, 0.15) is 17.8 Å². The lowest BCUT2D eigenvalue weighted by Gasteiger charge is -2.16. The van der Waals surface area contributed by atoms with Crippen molar-refractivity contribution in [1.29, 1.82) is 0 Å². The molecule has 7 nitrogen and oxygen atoms in total. The van der Waals surface area contributed by atoms with Crippen molar-refractivity contribution in [1.82, 2.24) is 24.8 Å². The van der Waals surface area contributed by atoms with E-state index in [1.54, 1.807) is 6.08 Å². The molecule has 1 saturated heterocycles. The number of likely N-dealkylation sites (tertiary alicyclic amines) is 1. The van der Waals surface area contributed by atoms with Crippen LogP contribution in [0.15, 0.2) is 48.8 Å². The second kappa shape index (κ2) is 9.86. The summed E-state index contributed by atoms with van der Waals surface area (Å²) < 4.78 is 0. The summed E-state index contributed by atoms with van der Waals surface area (Å²) in [7, 11) is 3.95. The van der Waals surface area contributed by atoms with Crippen molar-refractivity contribution in [2.24, 2.45) is 0 Å². The maximum Gasteiger partial charge on any atom is 0.246 e. The number of anilines is 1. The van der Waals surface area contributed by atoms with Crippen LogP contribution in [-0.4, -0.2) is 70.4 Å². The number of amides is 1. The number of aromatic amines is 1. The fourth-order valence-corrected chi connectivity index (χ4v) is 3.74. The Hall–Kier alpha value is -3.34. The zero-order chi connectivity index (χ0) is 22.5. The molecule has 0 radical (unpaired) electrons. The van der Waals surface area contributed by atoms with Gasteiger partial charge in [0.15, 0.2) is 0 Å². The summed E-state index contributed by atoms with van der Waals surface area (Å²) in [5.74, 6) is 6.98. The molecule has 0 saturated carbocycles. The minimum Gasteiger partial charge on any atom is -0.365 e. The van der Waals surface area contributed by atoms with Crippen molar-refractivity contribution < 1.29 is 4.79 Å². The van der Waals surface area contributed by atoms with Crippen LogP contribution in [0.3, 0.4) is 0 Å². The van der Waals surface area contributed by atoms with Crippen molar-refractivity contribution in [2.75, 3.05) is 39.0 Å². The zero-order valence-corrected chi connectivity index (χ0v) is 18.9. The molecule has 0 bridgehead atoms. The molecule has 1 fully saturated rings. The third kappa shape index (κ3) is 5.28. The third-order valence-electron chi connectivity index (χ3n) is 5.20. The molecule has 2 aromatic heterocycles. The van der Waals surface area contributed by atoms with Gasteiger partial charge in [0.2, 0.25) is 5.91 Å². The van der Waals surface area contributed by atoms with E-state index >= 15 is 0 Å². The van der Waals surface area contributed by atoms with Crippen molar-refractivity contribution >= 4 is 34.4 Å².